The van der Waals surface area contributed by atoms with Crippen LogP contribution in [0.3, 0.4) is 0 Å². The van der Waals surface area contributed by atoms with Gasteiger partial charge in [-0.1, -0.05) is 26.7 Å². The van der Waals surface area contributed by atoms with Crippen molar-refractivity contribution in [3.8, 4) is 0 Å². The molecule has 0 amide bonds. The largest absolute Gasteiger partial charge is 0.370 e. The average molecular weight is 214 g/mol. The van der Waals surface area contributed by atoms with E-state index in [2.05, 4.69) is 20.9 Å². The van der Waals surface area contributed by atoms with Crippen LogP contribution in [0.1, 0.15) is 39.5 Å². The molecule has 1 aliphatic heterocycles. The molecule has 0 aliphatic carbocycles. The maximum atomic E-state index is 5.45. The number of rotatable bonds is 6. The number of ether oxygens (including phenoxy) is 1. The molecule has 1 fully saturated rings. The van der Waals surface area contributed by atoms with Crippen molar-refractivity contribution in [2.45, 2.75) is 39.5 Å². The molecule has 1 rings (SSSR count). The van der Waals surface area contributed by atoms with Gasteiger partial charge in [-0.3, -0.25) is 0 Å². The molecule has 0 N–H and O–H groups in total. The molecule has 1 unspecified atom stereocenters. The van der Waals surface area contributed by atoms with Gasteiger partial charge in [0.2, 0.25) is 0 Å². The van der Waals surface area contributed by atoms with Crippen LogP contribution in [0.2, 0.25) is 0 Å². The highest BCUT2D eigenvalue weighted by molar-refractivity contribution is 4.58. The van der Waals surface area contributed by atoms with Gasteiger partial charge in [-0.2, -0.15) is 0 Å². The summed E-state index contributed by atoms with van der Waals surface area (Å²) in [5.41, 5.74) is 0. The van der Waals surface area contributed by atoms with E-state index in [0.717, 1.165) is 19.1 Å². The monoisotopic (exact) mass is 214 g/mol. The second-order valence-corrected chi connectivity index (χ2v) is 5.28. The molecular formula is C13H28NO+. The van der Waals surface area contributed by atoms with Crippen molar-refractivity contribution in [3.05, 3.63) is 0 Å². The van der Waals surface area contributed by atoms with Gasteiger partial charge in [-0.15, -0.1) is 0 Å². The predicted octanol–water partition coefficient (Wildman–Crippen LogP) is 2.68. The van der Waals surface area contributed by atoms with Crippen LogP contribution >= 0.6 is 0 Å². The zero-order chi connectivity index (χ0) is 11.1. The van der Waals surface area contributed by atoms with E-state index in [0.29, 0.717) is 0 Å². The number of nitrogens with zero attached hydrogens (tertiary/aromatic N) is 1. The summed E-state index contributed by atoms with van der Waals surface area (Å²) in [6.45, 7) is 10.3. The van der Waals surface area contributed by atoms with Crippen LogP contribution in [0.5, 0.6) is 0 Å². The first-order chi connectivity index (χ1) is 7.20. The summed E-state index contributed by atoms with van der Waals surface area (Å²) in [6, 6.07) is 0. The molecule has 1 saturated heterocycles. The van der Waals surface area contributed by atoms with Crippen LogP contribution in [-0.2, 0) is 4.74 Å². The fraction of sp³-hybridized carbons (Fsp3) is 1.00. The van der Waals surface area contributed by atoms with Crippen LogP contribution in [-0.4, -0.2) is 44.4 Å². The first-order valence-corrected chi connectivity index (χ1v) is 6.61. The van der Waals surface area contributed by atoms with Gasteiger partial charge < -0.3 is 9.22 Å². The summed E-state index contributed by atoms with van der Waals surface area (Å²) in [6.07, 6.45) is 5.49. The van der Waals surface area contributed by atoms with Gasteiger partial charge in [-0.05, 0) is 12.8 Å². The Bertz CT molecular complexity index is 164. The van der Waals surface area contributed by atoms with Crippen LogP contribution < -0.4 is 0 Å². The minimum atomic E-state index is 0.924. The Kier molecular flexibility index (Phi) is 5.62. The molecular weight excluding hydrogens is 186 g/mol. The number of hydrogen-bond donors (Lipinski definition) is 0. The lowest BCUT2D eigenvalue weighted by molar-refractivity contribution is -0.920. The second kappa shape index (κ2) is 6.49. The molecule has 0 spiro atoms. The SMILES string of the molecule is CCCCC(CC)C[N+]1(C)CCOCC1. The lowest BCUT2D eigenvalue weighted by Crippen LogP contribution is -2.54. The van der Waals surface area contributed by atoms with Gasteiger partial charge in [0.05, 0.1) is 26.8 Å². The maximum absolute atomic E-state index is 5.45. The van der Waals surface area contributed by atoms with Crippen molar-refractivity contribution in [1.82, 2.24) is 0 Å². The Labute approximate surface area is 95.2 Å². The highest BCUT2D eigenvalue weighted by atomic mass is 16.5. The summed E-state index contributed by atoms with van der Waals surface area (Å²) in [7, 11) is 2.40. The van der Waals surface area contributed by atoms with Gasteiger partial charge in [0.25, 0.3) is 0 Å². The molecule has 0 radical (unpaired) electrons. The highest BCUT2D eigenvalue weighted by Gasteiger charge is 2.27. The lowest BCUT2D eigenvalue weighted by Gasteiger charge is -2.40. The molecule has 2 heteroatoms. The lowest BCUT2D eigenvalue weighted by atomic mass is 9.97. The number of hydrogen-bond acceptors (Lipinski definition) is 1. The van der Waals surface area contributed by atoms with Gasteiger partial charge in [0.1, 0.15) is 13.1 Å². The minimum Gasteiger partial charge on any atom is -0.370 e. The third-order valence-corrected chi connectivity index (χ3v) is 3.79. The Hall–Kier alpha value is -0.0800. The van der Waals surface area contributed by atoms with Gasteiger partial charge in [0.15, 0.2) is 0 Å². The van der Waals surface area contributed by atoms with Crippen molar-refractivity contribution >= 4 is 0 Å². The molecule has 1 aliphatic rings. The third-order valence-electron chi connectivity index (χ3n) is 3.79. The van der Waals surface area contributed by atoms with Crippen molar-refractivity contribution in [1.29, 1.82) is 0 Å². The summed E-state index contributed by atoms with van der Waals surface area (Å²) >= 11 is 0. The molecule has 1 heterocycles. The number of likely N-dealkylation sites (N-methyl/N-ethyl adjacent to an activating group) is 1. The van der Waals surface area contributed by atoms with E-state index in [9.17, 15) is 0 Å². The molecule has 2 nitrogen and oxygen atoms in total. The zero-order valence-electron chi connectivity index (χ0n) is 10.8. The van der Waals surface area contributed by atoms with E-state index in [-0.39, 0.29) is 0 Å². The molecule has 1 atom stereocenters. The summed E-state index contributed by atoms with van der Waals surface area (Å²) < 4.78 is 6.68. The van der Waals surface area contributed by atoms with Gasteiger partial charge in [0, 0.05) is 5.92 Å². The van der Waals surface area contributed by atoms with Crippen LogP contribution in [0.4, 0.5) is 0 Å². The summed E-state index contributed by atoms with van der Waals surface area (Å²) in [5.74, 6) is 0.924. The Balaban J connectivity index is 2.34. The molecule has 0 aromatic carbocycles. The molecule has 90 valence electrons. The van der Waals surface area contributed by atoms with E-state index in [1.807, 2.05) is 0 Å². The van der Waals surface area contributed by atoms with E-state index < -0.39 is 0 Å². The smallest absolute Gasteiger partial charge is 0.102 e. The van der Waals surface area contributed by atoms with E-state index in [4.69, 9.17) is 4.74 Å². The van der Waals surface area contributed by atoms with Crippen LogP contribution in [0.15, 0.2) is 0 Å². The second-order valence-electron chi connectivity index (χ2n) is 5.28. The number of unbranched alkanes of at least 4 members (excludes halogenated alkanes) is 1. The fourth-order valence-corrected chi connectivity index (χ4v) is 2.51. The molecule has 0 bridgehead atoms. The maximum Gasteiger partial charge on any atom is 0.102 e. The summed E-state index contributed by atoms with van der Waals surface area (Å²) in [4.78, 5) is 0. The van der Waals surface area contributed by atoms with E-state index >= 15 is 0 Å². The highest BCUT2D eigenvalue weighted by Crippen LogP contribution is 2.19. The first-order valence-electron chi connectivity index (χ1n) is 6.61. The van der Waals surface area contributed by atoms with Crippen LogP contribution in [0, 0.1) is 5.92 Å². The van der Waals surface area contributed by atoms with Crippen LogP contribution in [0.25, 0.3) is 0 Å². The molecule has 15 heavy (non-hydrogen) atoms. The van der Waals surface area contributed by atoms with Gasteiger partial charge in [-0.25, -0.2) is 0 Å². The van der Waals surface area contributed by atoms with E-state index in [1.165, 1.54) is 49.8 Å². The van der Waals surface area contributed by atoms with Gasteiger partial charge >= 0.3 is 0 Å². The Morgan fingerprint density at radius 1 is 1.20 bits per heavy atom. The standard InChI is InChI=1S/C13H28NO/c1-4-6-7-13(5-2)12-14(3)8-10-15-11-9-14/h13H,4-12H2,1-3H3/q+1. The average Bonchev–Trinajstić information content (AvgIpc) is 2.25. The van der Waals surface area contributed by atoms with E-state index in [1.54, 1.807) is 0 Å². The Morgan fingerprint density at radius 3 is 2.40 bits per heavy atom. The number of quaternary nitrogens is 1. The predicted molar refractivity (Wildman–Crippen MR) is 64.9 cm³/mol. The van der Waals surface area contributed by atoms with Crippen molar-refractivity contribution < 1.29 is 9.22 Å². The Morgan fingerprint density at radius 2 is 1.87 bits per heavy atom. The molecule has 0 aromatic rings. The quantitative estimate of drug-likeness (QED) is 0.618. The summed E-state index contributed by atoms with van der Waals surface area (Å²) in [5, 5.41) is 0. The molecule has 0 aromatic heterocycles. The topological polar surface area (TPSA) is 9.23 Å². The normalized spacial score (nSPS) is 22.6. The third kappa shape index (κ3) is 4.52. The number of morpholine rings is 1. The fourth-order valence-electron chi connectivity index (χ4n) is 2.51. The van der Waals surface area contributed by atoms with Crippen molar-refractivity contribution in [3.63, 3.8) is 0 Å². The zero-order valence-corrected chi connectivity index (χ0v) is 10.8. The minimum absolute atomic E-state index is 0.924. The first kappa shape index (κ1) is 13.0. The molecule has 0 saturated carbocycles. The van der Waals surface area contributed by atoms with Crippen molar-refractivity contribution in [2.24, 2.45) is 5.92 Å². The van der Waals surface area contributed by atoms with Crippen molar-refractivity contribution in [2.75, 3.05) is 39.9 Å².